The maximum atomic E-state index is 12.2. The van der Waals surface area contributed by atoms with Crippen LogP contribution in [0.15, 0.2) is 29.4 Å². The highest BCUT2D eigenvalue weighted by Gasteiger charge is 2.60. The summed E-state index contributed by atoms with van der Waals surface area (Å²) >= 11 is 0. The van der Waals surface area contributed by atoms with E-state index in [0.717, 1.165) is 18.6 Å². The van der Waals surface area contributed by atoms with Crippen LogP contribution in [-0.2, 0) is 4.84 Å². The number of nitrogens with one attached hydrogen (secondary N) is 1. The lowest BCUT2D eigenvalue weighted by Crippen LogP contribution is -2.33. The number of nitrogens with zero attached hydrogens (tertiary/aromatic N) is 1. The highest BCUT2D eigenvalue weighted by Crippen LogP contribution is 2.63. The molecule has 6 nitrogen and oxygen atoms in total. The SMILES string of the molecule is CC1(C)[C@@H]2CC[C@]1(C)/C(=N/OCCNC(=O)c1ccccc1C(=O)O)C2. The number of benzene rings is 1. The summed E-state index contributed by atoms with van der Waals surface area (Å²) < 4.78 is 0. The van der Waals surface area contributed by atoms with Crippen LogP contribution in [0.2, 0.25) is 0 Å². The van der Waals surface area contributed by atoms with Crippen molar-refractivity contribution in [1.82, 2.24) is 5.32 Å². The van der Waals surface area contributed by atoms with Crippen molar-refractivity contribution in [2.24, 2.45) is 21.9 Å². The lowest BCUT2D eigenvalue weighted by atomic mass is 9.70. The molecule has 2 N–H and O–H groups in total. The fourth-order valence-corrected chi connectivity index (χ4v) is 4.36. The number of hydrogen-bond donors (Lipinski definition) is 2. The van der Waals surface area contributed by atoms with Crippen LogP contribution >= 0.6 is 0 Å². The van der Waals surface area contributed by atoms with Crippen molar-refractivity contribution >= 4 is 17.6 Å². The second-order valence-electron chi connectivity index (χ2n) is 7.97. The summed E-state index contributed by atoms with van der Waals surface area (Å²) in [6.07, 6.45) is 3.39. The Labute approximate surface area is 153 Å². The van der Waals surface area contributed by atoms with E-state index in [2.05, 4.69) is 31.2 Å². The van der Waals surface area contributed by atoms with Crippen molar-refractivity contribution in [3.63, 3.8) is 0 Å². The lowest BCUT2D eigenvalue weighted by Gasteiger charge is -2.34. The van der Waals surface area contributed by atoms with E-state index in [4.69, 9.17) is 9.94 Å². The van der Waals surface area contributed by atoms with Crippen molar-refractivity contribution in [3.05, 3.63) is 35.4 Å². The number of aromatic carboxylic acids is 1. The van der Waals surface area contributed by atoms with Gasteiger partial charge in [-0.3, -0.25) is 4.79 Å². The maximum absolute atomic E-state index is 12.2. The number of carbonyl (C=O) groups excluding carboxylic acids is 1. The van der Waals surface area contributed by atoms with E-state index in [-0.39, 0.29) is 35.1 Å². The van der Waals surface area contributed by atoms with E-state index in [9.17, 15) is 9.59 Å². The Morgan fingerprint density at radius 3 is 2.54 bits per heavy atom. The molecule has 0 radical (unpaired) electrons. The Bertz CT molecular complexity index is 756. The zero-order chi connectivity index (χ0) is 18.9. The first-order chi connectivity index (χ1) is 12.3. The summed E-state index contributed by atoms with van der Waals surface area (Å²) in [5, 5.41) is 16.2. The molecular weight excluding hydrogens is 332 g/mol. The van der Waals surface area contributed by atoms with Crippen LogP contribution < -0.4 is 5.32 Å². The van der Waals surface area contributed by atoms with Crippen molar-refractivity contribution in [3.8, 4) is 0 Å². The molecule has 2 aliphatic carbocycles. The van der Waals surface area contributed by atoms with E-state index in [0.29, 0.717) is 5.92 Å². The number of rotatable bonds is 6. The molecule has 0 unspecified atom stereocenters. The minimum atomic E-state index is -1.12. The first-order valence-electron chi connectivity index (χ1n) is 9.07. The van der Waals surface area contributed by atoms with E-state index in [1.807, 2.05) is 0 Å². The van der Waals surface area contributed by atoms with E-state index in [1.165, 1.54) is 18.6 Å². The smallest absolute Gasteiger partial charge is 0.336 e. The van der Waals surface area contributed by atoms with Gasteiger partial charge in [0, 0.05) is 5.41 Å². The van der Waals surface area contributed by atoms with Crippen LogP contribution in [0.4, 0.5) is 0 Å². The van der Waals surface area contributed by atoms with Gasteiger partial charge in [-0.15, -0.1) is 0 Å². The second kappa shape index (κ2) is 6.74. The fraction of sp³-hybridized carbons (Fsp3) is 0.550. The molecule has 140 valence electrons. The Balaban J connectivity index is 1.51. The third kappa shape index (κ3) is 2.97. The normalized spacial score (nSPS) is 27.5. The monoisotopic (exact) mass is 358 g/mol. The van der Waals surface area contributed by atoms with Crippen LogP contribution in [0.3, 0.4) is 0 Å². The molecule has 2 atom stereocenters. The van der Waals surface area contributed by atoms with E-state index >= 15 is 0 Å². The van der Waals surface area contributed by atoms with Crippen LogP contribution in [0.1, 0.15) is 60.7 Å². The van der Waals surface area contributed by atoms with Gasteiger partial charge in [0.25, 0.3) is 5.91 Å². The van der Waals surface area contributed by atoms with Gasteiger partial charge < -0.3 is 15.3 Å². The summed E-state index contributed by atoms with van der Waals surface area (Å²) in [5.74, 6) is -0.875. The zero-order valence-corrected chi connectivity index (χ0v) is 15.5. The van der Waals surface area contributed by atoms with Crippen LogP contribution in [0.25, 0.3) is 0 Å². The molecule has 0 heterocycles. The molecule has 0 spiro atoms. The average molecular weight is 358 g/mol. The van der Waals surface area contributed by atoms with Gasteiger partial charge in [-0.1, -0.05) is 38.1 Å². The largest absolute Gasteiger partial charge is 0.478 e. The summed E-state index contributed by atoms with van der Waals surface area (Å²) in [7, 11) is 0. The van der Waals surface area contributed by atoms with E-state index in [1.54, 1.807) is 12.1 Å². The van der Waals surface area contributed by atoms with Gasteiger partial charge in [0.2, 0.25) is 0 Å². The van der Waals surface area contributed by atoms with Crippen molar-refractivity contribution < 1.29 is 19.5 Å². The topological polar surface area (TPSA) is 88.0 Å². The Hall–Kier alpha value is -2.37. The third-order valence-electron chi connectivity index (χ3n) is 6.57. The first kappa shape index (κ1) is 18.4. The number of amides is 1. The molecule has 1 aromatic carbocycles. The molecule has 1 amide bonds. The molecule has 6 heteroatoms. The zero-order valence-electron chi connectivity index (χ0n) is 15.5. The number of fused-ring (bicyclic) bond motifs is 2. The van der Waals surface area contributed by atoms with Gasteiger partial charge in [0.1, 0.15) is 6.61 Å². The molecule has 2 fully saturated rings. The van der Waals surface area contributed by atoms with Gasteiger partial charge >= 0.3 is 5.97 Å². The average Bonchev–Trinajstić information content (AvgIpc) is 2.94. The molecule has 0 aliphatic heterocycles. The number of hydrogen-bond acceptors (Lipinski definition) is 4. The predicted molar refractivity (Wildman–Crippen MR) is 98.4 cm³/mol. The number of carboxylic acid groups (broad SMARTS) is 1. The van der Waals surface area contributed by atoms with E-state index < -0.39 is 11.9 Å². The second-order valence-corrected chi connectivity index (χ2v) is 7.97. The standard InChI is InChI=1S/C20H26N2O4/c1-19(2)13-8-9-20(19,3)16(12-13)22-26-11-10-21-17(23)14-6-4-5-7-15(14)18(24)25/h4-7,13H,8-12H2,1-3H3,(H,21,23)(H,24,25)/b22-16+/t13-,20-/m1/s1. The molecule has 3 rings (SSSR count). The van der Waals surface area contributed by atoms with Crippen molar-refractivity contribution in [2.75, 3.05) is 13.2 Å². The molecule has 0 aromatic heterocycles. The number of oxime groups is 1. The summed E-state index contributed by atoms with van der Waals surface area (Å²) in [6.45, 7) is 7.42. The van der Waals surface area contributed by atoms with Crippen LogP contribution in [0.5, 0.6) is 0 Å². The Kier molecular flexibility index (Phi) is 4.78. The van der Waals surface area contributed by atoms with Gasteiger partial charge in [-0.2, -0.15) is 0 Å². The summed E-state index contributed by atoms with van der Waals surface area (Å²) in [5.41, 5.74) is 1.61. The Morgan fingerprint density at radius 1 is 1.27 bits per heavy atom. The summed E-state index contributed by atoms with van der Waals surface area (Å²) in [6, 6.07) is 6.15. The van der Waals surface area contributed by atoms with Crippen molar-refractivity contribution in [1.29, 1.82) is 0 Å². The highest BCUT2D eigenvalue weighted by molar-refractivity contribution is 6.04. The number of carbonyl (C=O) groups is 2. The Morgan fingerprint density at radius 2 is 1.96 bits per heavy atom. The summed E-state index contributed by atoms with van der Waals surface area (Å²) in [4.78, 5) is 28.8. The molecule has 2 bridgehead atoms. The van der Waals surface area contributed by atoms with Gasteiger partial charge in [-0.05, 0) is 42.7 Å². The molecule has 1 aromatic rings. The third-order valence-corrected chi connectivity index (χ3v) is 6.57. The first-order valence-corrected chi connectivity index (χ1v) is 9.07. The van der Waals surface area contributed by atoms with Crippen LogP contribution in [0, 0.1) is 16.7 Å². The molecule has 2 aliphatic rings. The van der Waals surface area contributed by atoms with Gasteiger partial charge in [0.15, 0.2) is 0 Å². The van der Waals surface area contributed by atoms with Crippen molar-refractivity contribution in [2.45, 2.75) is 40.0 Å². The molecule has 0 saturated heterocycles. The quantitative estimate of drug-likeness (QED) is 0.603. The maximum Gasteiger partial charge on any atom is 0.336 e. The van der Waals surface area contributed by atoms with Gasteiger partial charge in [-0.25, -0.2) is 4.79 Å². The minimum absolute atomic E-state index is 0.0108. The fourth-order valence-electron chi connectivity index (χ4n) is 4.36. The van der Waals surface area contributed by atoms with Crippen LogP contribution in [-0.4, -0.2) is 35.8 Å². The minimum Gasteiger partial charge on any atom is -0.478 e. The number of carboxylic acids is 1. The molecule has 26 heavy (non-hydrogen) atoms. The van der Waals surface area contributed by atoms with Gasteiger partial charge in [0.05, 0.1) is 23.4 Å². The predicted octanol–water partition coefficient (Wildman–Crippen LogP) is 3.33. The molecule has 2 saturated carbocycles. The highest BCUT2D eigenvalue weighted by atomic mass is 16.6. The molecular formula is C20H26N2O4. The lowest BCUT2D eigenvalue weighted by molar-refractivity contribution is 0.0690.